The van der Waals surface area contributed by atoms with E-state index < -0.39 is 0 Å². The van der Waals surface area contributed by atoms with Crippen molar-refractivity contribution in [2.75, 3.05) is 26.3 Å². The lowest BCUT2D eigenvalue weighted by molar-refractivity contribution is -0.141. The van der Waals surface area contributed by atoms with E-state index in [-0.39, 0.29) is 17.5 Å². The molecule has 2 aliphatic rings. The van der Waals surface area contributed by atoms with Crippen molar-refractivity contribution in [2.45, 2.75) is 57.0 Å². The molecule has 0 spiro atoms. The molecular weight excluding hydrogens is 304 g/mol. The van der Waals surface area contributed by atoms with Gasteiger partial charge < -0.3 is 10.1 Å². The number of amides is 1. The molecule has 1 aromatic rings. The number of aromatic nitrogens is 2. The molecule has 1 unspecified atom stereocenters. The van der Waals surface area contributed by atoms with Gasteiger partial charge in [-0.1, -0.05) is 26.2 Å². The molecule has 2 fully saturated rings. The summed E-state index contributed by atoms with van der Waals surface area (Å²) in [7, 11) is 1.91. The first-order valence-corrected chi connectivity index (χ1v) is 9.28. The predicted molar refractivity (Wildman–Crippen MR) is 92.6 cm³/mol. The Bertz CT molecular complexity index is 545. The number of aryl methyl sites for hydroxylation is 1. The molecule has 3 rings (SSSR count). The second-order valence-corrected chi connectivity index (χ2v) is 7.07. The Hall–Kier alpha value is -1.40. The van der Waals surface area contributed by atoms with Gasteiger partial charge in [-0.2, -0.15) is 5.10 Å². The summed E-state index contributed by atoms with van der Waals surface area (Å²) in [6.07, 6.45) is 10.1. The fourth-order valence-electron chi connectivity index (χ4n) is 4.15. The minimum atomic E-state index is -0.350. The van der Waals surface area contributed by atoms with Crippen molar-refractivity contribution in [2.24, 2.45) is 7.05 Å². The number of hydrogen-bond acceptors (Lipinski definition) is 4. The molecule has 1 saturated carbocycles. The molecule has 134 valence electrons. The highest BCUT2D eigenvalue weighted by Crippen LogP contribution is 2.35. The van der Waals surface area contributed by atoms with Gasteiger partial charge in [0.25, 0.3) is 0 Å². The number of nitrogens with one attached hydrogen (secondary N) is 1. The SMILES string of the molecule is CCC(NC(=O)C1(N2CCOCC2)CCCCC1)c1cnn(C)c1. The van der Waals surface area contributed by atoms with Gasteiger partial charge in [-0.3, -0.25) is 14.4 Å². The zero-order valence-corrected chi connectivity index (χ0v) is 15.0. The first-order chi connectivity index (χ1) is 11.7. The van der Waals surface area contributed by atoms with Gasteiger partial charge in [0.05, 0.1) is 25.5 Å². The van der Waals surface area contributed by atoms with E-state index in [1.54, 1.807) is 4.68 Å². The van der Waals surface area contributed by atoms with Crippen LogP contribution in [0.25, 0.3) is 0 Å². The summed E-state index contributed by atoms with van der Waals surface area (Å²) in [5.41, 5.74) is 0.735. The number of rotatable bonds is 5. The molecular formula is C18H30N4O2. The Morgan fingerprint density at radius 2 is 2.04 bits per heavy atom. The van der Waals surface area contributed by atoms with Crippen LogP contribution in [0.5, 0.6) is 0 Å². The van der Waals surface area contributed by atoms with Crippen LogP contribution in [0.15, 0.2) is 12.4 Å². The van der Waals surface area contributed by atoms with E-state index in [4.69, 9.17) is 4.74 Å². The highest BCUT2D eigenvalue weighted by atomic mass is 16.5. The Morgan fingerprint density at radius 1 is 1.33 bits per heavy atom. The maximum Gasteiger partial charge on any atom is 0.241 e. The number of morpholine rings is 1. The van der Waals surface area contributed by atoms with Crippen molar-refractivity contribution >= 4 is 5.91 Å². The monoisotopic (exact) mass is 334 g/mol. The van der Waals surface area contributed by atoms with Gasteiger partial charge in [0, 0.05) is 31.9 Å². The summed E-state index contributed by atoms with van der Waals surface area (Å²) in [5.74, 6) is 0.194. The Kier molecular flexibility index (Phi) is 5.56. The van der Waals surface area contributed by atoms with E-state index in [1.807, 2.05) is 19.4 Å². The summed E-state index contributed by atoms with van der Waals surface area (Å²) in [6, 6.07) is 0.0334. The molecule has 1 amide bonds. The molecule has 6 heteroatoms. The molecule has 6 nitrogen and oxygen atoms in total. The zero-order valence-electron chi connectivity index (χ0n) is 15.0. The fourth-order valence-corrected chi connectivity index (χ4v) is 4.15. The molecule has 0 aromatic carbocycles. The van der Waals surface area contributed by atoms with Gasteiger partial charge >= 0.3 is 0 Å². The smallest absolute Gasteiger partial charge is 0.241 e. The van der Waals surface area contributed by atoms with Gasteiger partial charge in [0.2, 0.25) is 5.91 Å². The van der Waals surface area contributed by atoms with Gasteiger partial charge in [0.15, 0.2) is 0 Å². The Morgan fingerprint density at radius 3 is 2.62 bits per heavy atom. The third kappa shape index (κ3) is 3.49. The molecule has 0 bridgehead atoms. The number of carbonyl (C=O) groups is 1. The average Bonchev–Trinajstić information content (AvgIpc) is 3.07. The van der Waals surface area contributed by atoms with Gasteiger partial charge in [-0.25, -0.2) is 0 Å². The van der Waals surface area contributed by atoms with Gasteiger partial charge in [-0.15, -0.1) is 0 Å². The van der Waals surface area contributed by atoms with Gasteiger partial charge in [0.1, 0.15) is 5.54 Å². The normalized spacial score (nSPS) is 22.9. The third-order valence-electron chi connectivity index (χ3n) is 5.56. The maximum absolute atomic E-state index is 13.3. The van der Waals surface area contributed by atoms with Crippen molar-refractivity contribution in [3.63, 3.8) is 0 Å². The molecule has 0 radical (unpaired) electrons. The number of hydrogen-bond donors (Lipinski definition) is 1. The minimum absolute atomic E-state index is 0.0334. The van der Waals surface area contributed by atoms with Crippen molar-refractivity contribution < 1.29 is 9.53 Å². The molecule has 1 aliphatic heterocycles. The Balaban J connectivity index is 1.77. The second kappa shape index (κ2) is 7.66. The van der Waals surface area contributed by atoms with Crippen LogP contribution in [-0.4, -0.2) is 52.4 Å². The molecule has 24 heavy (non-hydrogen) atoms. The fraction of sp³-hybridized carbons (Fsp3) is 0.778. The minimum Gasteiger partial charge on any atom is -0.379 e. The van der Waals surface area contributed by atoms with E-state index >= 15 is 0 Å². The van der Waals surface area contributed by atoms with Crippen LogP contribution in [-0.2, 0) is 16.6 Å². The highest BCUT2D eigenvalue weighted by Gasteiger charge is 2.45. The standard InChI is InChI=1S/C18H30N4O2/c1-3-16(15-13-19-21(2)14-15)20-17(23)18(7-5-4-6-8-18)22-9-11-24-12-10-22/h13-14,16H,3-12H2,1-2H3,(H,20,23). The highest BCUT2D eigenvalue weighted by molar-refractivity contribution is 5.86. The molecule has 1 N–H and O–H groups in total. The Labute approximate surface area is 144 Å². The van der Waals surface area contributed by atoms with E-state index in [0.717, 1.165) is 64.0 Å². The van der Waals surface area contributed by atoms with Crippen LogP contribution < -0.4 is 5.32 Å². The number of carbonyl (C=O) groups excluding carboxylic acids is 1. The van der Waals surface area contributed by atoms with Crippen LogP contribution in [0.2, 0.25) is 0 Å². The van der Waals surface area contributed by atoms with E-state index in [1.165, 1.54) is 6.42 Å². The van der Waals surface area contributed by atoms with E-state index in [2.05, 4.69) is 22.2 Å². The van der Waals surface area contributed by atoms with Crippen LogP contribution in [0, 0.1) is 0 Å². The van der Waals surface area contributed by atoms with Crippen molar-refractivity contribution in [1.82, 2.24) is 20.0 Å². The first kappa shape index (κ1) is 17.4. The van der Waals surface area contributed by atoms with E-state index in [9.17, 15) is 4.79 Å². The zero-order chi connectivity index (χ0) is 17.0. The predicted octanol–water partition coefficient (Wildman–Crippen LogP) is 2.02. The first-order valence-electron chi connectivity index (χ1n) is 9.28. The van der Waals surface area contributed by atoms with Crippen LogP contribution in [0.4, 0.5) is 0 Å². The molecule has 1 aliphatic carbocycles. The second-order valence-electron chi connectivity index (χ2n) is 7.07. The third-order valence-corrected chi connectivity index (χ3v) is 5.56. The lowest BCUT2D eigenvalue weighted by Gasteiger charge is -2.47. The maximum atomic E-state index is 13.3. The van der Waals surface area contributed by atoms with Crippen LogP contribution in [0.1, 0.15) is 57.1 Å². The summed E-state index contributed by atoms with van der Waals surface area (Å²) >= 11 is 0. The number of ether oxygens (including phenoxy) is 1. The van der Waals surface area contributed by atoms with Crippen LogP contribution in [0.3, 0.4) is 0 Å². The molecule has 1 saturated heterocycles. The summed E-state index contributed by atoms with van der Waals surface area (Å²) < 4.78 is 7.30. The average molecular weight is 334 g/mol. The van der Waals surface area contributed by atoms with Crippen molar-refractivity contribution in [3.8, 4) is 0 Å². The van der Waals surface area contributed by atoms with Crippen molar-refractivity contribution in [1.29, 1.82) is 0 Å². The van der Waals surface area contributed by atoms with E-state index in [0.29, 0.717) is 0 Å². The molecule has 2 heterocycles. The quantitative estimate of drug-likeness (QED) is 0.895. The van der Waals surface area contributed by atoms with Crippen LogP contribution >= 0.6 is 0 Å². The summed E-state index contributed by atoms with van der Waals surface area (Å²) in [6.45, 7) is 5.29. The van der Waals surface area contributed by atoms with Gasteiger partial charge in [-0.05, 0) is 19.3 Å². The lowest BCUT2D eigenvalue weighted by Crippen LogP contribution is -2.62. The summed E-state index contributed by atoms with van der Waals surface area (Å²) in [5, 5.41) is 7.58. The summed E-state index contributed by atoms with van der Waals surface area (Å²) in [4.78, 5) is 15.7. The largest absolute Gasteiger partial charge is 0.379 e. The molecule has 1 aromatic heterocycles. The lowest BCUT2D eigenvalue weighted by atomic mass is 9.79. The number of nitrogens with zero attached hydrogens (tertiary/aromatic N) is 3. The van der Waals surface area contributed by atoms with Crippen molar-refractivity contribution in [3.05, 3.63) is 18.0 Å². The topological polar surface area (TPSA) is 59.4 Å². The molecule has 1 atom stereocenters.